The van der Waals surface area contributed by atoms with E-state index < -0.39 is 5.41 Å². The van der Waals surface area contributed by atoms with Gasteiger partial charge in [-0.1, -0.05) is 94.3 Å². The highest BCUT2D eigenvalue weighted by atomic mass is 79.9. The number of rotatable bonds is 0. The minimum absolute atomic E-state index is 0.489. The molecule has 1 spiro atoms. The topological polar surface area (TPSA) is 9.23 Å². The van der Waals surface area contributed by atoms with Crippen molar-refractivity contribution in [1.29, 1.82) is 0 Å². The molecule has 0 saturated carbocycles. The Morgan fingerprint density at radius 3 is 2.09 bits per heavy atom. The summed E-state index contributed by atoms with van der Waals surface area (Å²) in [6, 6.07) is 34.0. The van der Waals surface area contributed by atoms with Crippen LogP contribution in [0, 0.1) is 0 Å². The van der Waals surface area contributed by atoms with Crippen molar-refractivity contribution in [3.63, 3.8) is 0 Å². The lowest BCUT2D eigenvalue weighted by molar-refractivity contribution is 0.436. The third kappa shape index (κ3) is 2.19. The van der Waals surface area contributed by atoms with E-state index in [0.717, 1.165) is 32.1 Å². The molecule has 7 rings (SSSR count). The molecule has 0 atom stereocenters. The molecule has 0 bridgehead atoms. The quantitative estimate of drug-likeness (QED) is 0.204. The van der Waals surface area contributed by atoms with E-state index in [0.29, 0.717) is 0 Å². The van der Waals surface area contributed by atoms with Crippen molar-refractivity contribution in [2.45, 2.75) is 5.41 Å². The average molecular weight is 496 g/mol. The van der Waals surface area contributed by atoms with E-state index in [-0.39, 0.29) is 0 Å². The molecule has 32 heavy (non-hydrogen) atoms. The van der Waals surface area contributed by atoms with Gasteiger partial charge in [0.05, 0.1) is 5.41 Å². The van der Waals surface area contributed by atoms with Gasteiger partial charge >= 0.3 is 0 Å². The van der Waals surface area contributed by atoms with Gasteiger partial charge in [0, 0.05) is 20.6 Å². The summed E-state index contributed by atoms with van der Waals surface area (Å²) in [5, 5.41) is 3.18. The van der Waals surface area contributed by atoms with Crippen LogP contribution in [0.15, 0.2) is 102 Å². The first-order valence-corrected chi connectivity index (χ1v) is 11.8. The van der Waals surface area contributed by atoms with E-state index in [2.05, 4.69) is 94.8 Å². The van der Waals surface area contributed by atoms with Crippen LogP contribution in [0.1, 0.15) is 22.3 Å². The molecule has 1 nitrogen and oxygen atoms in total. The molecule has 0 saturated heterocycles. The molecule has 0 radical (unpaired) electrons. The Bertz CT molecular complexity index is 1540. The highest BCUT2D eigenvalue weighted by Gasteiger charge is 2.51. The molecule has 1 heterocycles. The highest BCUT2D eigenvalue weighted by molar-refractivity contribution is 9.10. The maximum atomic E-state index is 6.63. The normalized spacial score (nSPS) is 14.4. The lowest BCUT2D eigenvalue weighted by Crippen LogP contribution is -2.32. The number of ether oxygens (including phenoxy) is 1. The summed E-state index contributed by atoms with van der Waals surface area (Å²) in [6.45, 7) is 0. The molecule has 0 amide bonds. The van der Waals surface area contributed by atoms with Crippen molar-refractivity contribution in [3.8, 4) is 22.6 Å². The van der Waals surface area contributed by atoms with Gasteiger partial charge < -0.3 is 4.74 Å². The van der Waals surface area contributed by atoms with Crippen LogP contribution in [0.5, 0.6) is 11.5 Å². The Morgan fingerprint density at radius 1 is 0.625 bits per heavy atom. The number of halogens is 2. The molecule has 0 fully saturated rings. The first kappa shape index (κ1) is 18.5. The smallest absolute Gasteiger partial charge is 0.132 e. The maximum Gasteiger partial charge on any atom is 0.132 e. The molecule has 0 unspecified atom stereocenters. The summed E-state index contributed by atoms with van der Waals surface area (Å²) in [7, 11) is 0. The Kier molecular flexibility index (Phi) is 3.74. The minimum Gasteiger partial charge on any atom is -0.457 e. The third-order valence-electron chi connectivity index (χ3n) is 6.87. The van der Waals surface area contributed by atoms with Crippen LogP contribution in [-0.4, -0.2) is 0 Å². The first-order valence-electron chi connectivity index (χ1n) is 10.6. The van der Waals surface area contributed by atoms with Gasteiger partial charge in [0.15, 0.2) is 0 Å². The number of hydrogen-bond donors (Lipinski definition) is 0. The summed E-state index contributed by atoms with van der Waals surface area (Å²) in [6.07, 6.45) is 0. The average Bonchev–Trinajstić information content (AvgIpc) is 3.10. The fourth-order valence-electron chi connectivity index (χ4n) is 5.69. The van der Waals surface area contributed by atoms with Crippen LogP contribution in [0.3, 0.4) is 0 Å². The van der Waals surface area contributed by atoms with Crippen LogP contribution in [0.4, 0.5) is 0 Å². The van der Waals surface area contributed by atoms with Gasteiger partial charge in [0.1, 0.15) is 11.5 Å². The standard InChI is InChI=1S/C29H16BrClO/c30-25-9-5-6-19-18(25)14-15-23-28(19)20-13-12-17(31)16-24(20)29(23)21-7-1-3-10-26(21)32-27-11-4-2-8-22(27)29/h1-16H. The van der Waals surface area contributed by atoms with Crippen LogP contribution >= 0.6 is 27.5 Å². The van der Waals surface area contributed by atoms with E-state index in [9.17, 15) is 0 Å². The second-order valence-corrected chi connectivity index (χ2v) is 9.65. The third-order valence-corrected chi connectivity index (χ3v) is 7.80. The molecule has 3 heteroatoms. The van der Waals surface area contributed by atoms with Crippen LogP contribution < -0.4 is 4.74 Å². The number of para-hydroxylation sites is 2. The van der Waals surface area contributed by atoms with Crippen molar-refractivity contribution < 1.29 is 4.74 Å². The van der Waals surface area contributed by atoms with Gasteiger partial charge in [-0.2, -0.15) is 0 Å². The van der Waals surface area contributed by atoms with Gasteiger partial charge in [-0.15, -0.1) is 0 Å². The van der Waals surface area contributed by atoms with Gasteiger partial charge in [-0.3, -0.25) is 0 Å². The lowest BCUT2D eigenvalue weighted by Gasteiger charge is -2.39. The van der Waals surface area contributed by atoms with E-state index in [1.54, 1.807) is 0 Å². The van der Waals surface area contributed by atoms with Crippen molar-refractivity contribution >= 4 is 38.3 Å². The highest BCUT2D eigenvalue weighted by Crippen LogP contribution is 2.63. The van der Waals surface area contributed by atoms with Gasteiger partial charge in [0.25, 0.3) is 0 Å². The molecule has 0 N–H and O–H groups in total. The van der Waals surface area contributed by atoms with Crippen LogP contribution in [0.2, 0.25) is 5.02 Å². The number of benzene rings is 5. The van der Waals surface area contributed by atoms with Crippen molar-refractivity contribution in [2.75, 3.05) is 0 Å². The SMILES string of the molecule is Clc1ccc2c(c1)C1(c3ccccc3Oc3ccccc31)c1ccc3c(Br)cccc3c1-2. The summed E-state index contributed by atoms with van der Waals surface area (Å²) in [5.74, 6) is 1.78. The predicted octanol–water partition coefficient (Wildman–Crippen LogP) is 8.72. The number of fused-ring (bicyclic) bond motifs is 11. The van der Waals surface area contributed by atoms with Gasteiger partial charge in [-0.05, 0) is 63.4 Å². The van der Waals surface area contributed by atoms with Crippen molar-refractivity contribution in [2.24, 2.45) is 0 Å². The molecule has 1 aliphatic carbocycles. The first-order chi connectivity index (χ1) is 15.7. The van der Waals surface area contributed by atoms with E-state index in [1.807, 2.05) is 18.2 Å². The largest absolute Gasteiger partial charge is 0.457 e. The number of hydrogen-bond acceptors (Lipinski definition) is 1. The Hall–Kier alpha value is -3.07. The summed E-state index contributed by atoms with van der Waals surface area (Å²) < 4.78 is 7.49. The Labute approximate surface area is 199 Å². The molecule has 5 aromatic rings. The molecular weight excluding hydrogens is 480 g/mol. The summed E-state index contributed by atoms with van der Waals surface area (Å²) in [4.78, 5) is 0. The monoisotopic (exact) mass is 494 g/mol. The summed E-state index contributed by atoms with van der Waals surface area (Å²) in [5.41, 5.74) is 6.77. The Balaban J connectivity index is 1.75. The minimum atomic E-state index is -0.489. The predicted molar refractivity (Wildman–Crippen MR) is 134 cm³/mol. The Morgan fingerprint density at radius 2 is 1.34 bits per heavy atom. The van der Waals surface area contributed by atoms with E-state index in [4.69, 9.17) is 16.3 Å². The molecule has 1 aliphatic heterocycles. The van der Waals surface area contributed by atoms with Gasteiger partial charge in [0.2, 0.25) is 0 Å². The molecule has 152 valence electrons. The zero-order valence-corrected chi connectivity index (χ0v) is 19.2. The molecule has 5 aromatic carbocycles. The van der Waals surface area contributed by atoms with Crippen molar-refractivity contribution in [1.82, 2.24) is 0 Å². The van der Waals surface area contributed by atoms with Crippen molar-refractivity contribution in [3.05, 3.63) is 129 Å². The zero-order chi connectivity index (χ0) is 21.4. The molecule has 2 aliphatic rings. The summed E-state index contributed by atoms with van der Waals surface area (Å²) >= 11 is 10.4. The fraction of sp³-hybridized carbons (Fsp3) is 0.0345. The van der Waals surface area contributed by atoms with E-state index >= 15 is 0 Å². The maximum absolute atomic E-state index is 6.63. The molecular formula is C29H16BrClO. The van der Waals surface area contributed by atoms with Gasteiger partial charge in [-0.25, -0.2) is 0 Å². The van der Waals surface area contributed by atoms with Crippen LogP contribution in [-0.2, 0) is 5.41 Å². The van der Waals surface area contributed by atoms with Crippen LogP contribution in [0.25, 0.3) is 21.9 Å². The molecule has 0 aromatic heterocycles. The zero-order valence-electron chi connectivity index (χ0n) is 16.9. The fourth-order valence-corrected chi connectivity index (χ4v) is 6.36. The second kappa shape index (κ2) is 6.48. The second-order valence-electron chi connectivity index (χ2n) is 8.36. The lowest BCUT2D eigenvalue weighted by atomic mass is 9.66. The van der Waals surface area contributed by atoms with E-state index in [1.165, 1.54) is 33.0 Å².